The Morgan fingerprint density at radius 1 is 1.25 bits per heavy atom. The molecule has 2 rings (SSSR count). The molecule has 64 valence electrons. The molecular weight excluding hydrogens is 263 g/mol. The van der Waals surface area contributed by atoms with Crippen molar-refractivity contribution in [1.29, 1.82) is 0 Å². The highest BCUT2D eigenvalue weighted by atomic mass is 127. The van der Waals surface area contributed by atoms with Crippen molar-refractivity contribution < 1.29 is 4.74 Å². The van der Waals surface area contributed by atoms with E-state index in [1.54, 1.807) is 0 Å². The molecule has 0 heterocycles. The van der Waals surface area contributed by atoms with Gasteiger partial charge in [0.25, 0.3) is 0 Å². The van der Waals surface area contributed by atoms with Gasteiger partial charge in [0.15, 0.2) is 0 Å². The second kappa shape index (κ2) is 3.64. The van der Waals surface area contributed by atoms with Crippen LogP contribution < -0.4 is 4.74 Å². The molecular formula is C10H11IO. The Hall–Kier alpha value is -0.250. The van der Waals surface area contributed by atoms with Crippen molar-refractivity contribution >= 4 is 22.6 Å². The standard InChI is InChI=1S/C10H11IO/c11-7-12-10-5-3-9(4-6-10)8-1-2-8/h3-6,8H,1-2,7H2. The lowest BCUT2D eigenvalue weighted by atomic mass is 10.1. The van der Waals surface area contributed by atoms with Crippen LogP contribution >= 0.6 is 22.6 Å². The normalized spacial score (nSPS) is 16.1. The molecule has 1 aromatic rings. The minimum Gasteiger partial charge on any atom is -0.483 e. The molecule has 12 heavy (non-hydrogen) atoms. The summed E-state index contributed by atoms with van der Waals surface area (Å²) in [4.78, 5) is 0. The summed E-state index contributed by atoms with van der Waals surface area (Å²) in [5.41, 5.74) is 1.47. The van der Waals surface area contributed by atoms with Gasteiger partial charge in [-0.2, -0.15) is 0 Å². The summed E-state index contributed by atoms with van der Waals surface area (Å²) in [5.74, 6) is 1.83. The Morgan fingerprint density at radius 3 is 2.42 bits per heavy atom. The van der Waals surface area contributed by atoms with Crippen LogP contribution in [0.5, 0.6) is 5.75 Å². The predicted octanol–water partition coefficient (Wildman–Crippen LogP) is 3.34. The third-order valence-corrected chi connectivity index (χ3v) is 2.46. The number of alkyl halides is 1. The van der Waals surface area contributed by atoms with Crippen molar-refractivity contribution in [2.75, 3.05) is 4.61 Å². The van der Waals surface area contributed by atoms with Crippen LogP contribution in [0.25, 0.3) is 0 Å². The molecule has 0 aromatic heterocycles. The molecule has 1 aromatic carbocycles. The topological polar surface area (TPSA) is 9.23 Å². The van der Waals surface area contributed by atoms with Gasteiger partial charge in [-0.05, 0) is 59.0 Å². The zero-order valence-electron chi connectivity index (χ0n) is 6.79. The van der Waals surface area contributed by atoms with Gasteiger partial charge in [0.05, 0.1) is 0 Å². The highest BCUT2D eigenvalue weighted by Crippen LogP contribution is 2.40. The first-order valence-corrected chi connectivity index (χ1v) is 5.71. The molecule has 1 saturated carbocycles. The predicted molar refractivity (Wildman–Crippen MR) is 57.9 cm³/mol. The largest absolute Gasteiger partial charge is 0.483 e. The lowest BCUT2D eigenvalue weighted by Gasteiger charge is -2.02. The third-order valence-electron chi connectivity index (χ3n) is 2.15. The molecule has 0 aliphatic heterocycles. The van der Waals surface area contributed by atoms with E-state index in [-0.39, 0.29) is 0 Å². The highest BCUT2D eigenvalue weighted by molar-refractivity contribution is 14.1. The van der Waals surface area contributed by atoms with E-state index in [2.05, 4.69) is 46.9 Å². The quantitative estimate of drug-likeness (QED) is 0.606. The van der Waals surface area contributed by atoms with E-state index >= 15 is 0 Å². The van der Waals surface area contributed by atoms with E-state index in [1.807, 2.05) is 0 Å². The number of ether oxygens (including phenoxy) is 1. The number of rotatable bonds is 3. The van der Waals surface area contributed by atoms with Gasteiger partial charge in [0.1, 0.15) is 10.4 Å². The molecule has 0 spiro atoms. The molecule has 1 nitrogen and oxygen atoms in total. The van der Waals surface area contributed by atoms with Crippen LogP contribution in [0.4, 0.5) is 0 Å². The van der Waals surface area contributed by atoms with Gasteiger partial charge in [-0.3, -0.25) is 0 Å². The van der Waals surface area contributed by atoms with E-state index in [0.717, 1.165) is 16.3 Å². The van der Waals surface area contributed by atoms with Gasteiger partial charge in [0.2, 0.25) is 0 Å². The molecule has 0 saturated heterocycles. The van der Waals surface area contributed by atoms with Gasteiger partial charge >= 0.3 is 0 Å². The number of benzene rings is 1. The Kier molecular flexibility index (Phi) is 2.54. The van der Waals surface area contributed by atoms with Gasteiger partial charge in [-0.1, -0.05) is 12.1 Å². The van der Waals surface area contributed by atoms with Gasteiger partial charge < -0.3 is 4.74 Å². The Morgan fingerprint density at radius 2 is 1.92 bits per heavy atom. The number of halogens is 1. The lowest BCUT2D eigenvalue weighted by Crippen LogP contribution is -1.88. The molecule has 0 unspecified atom stereocenters. The first kappa shape index (κ1) is 8.35. The van der Waals surface area contributed by atoms with E-state index < -0.39 is 0 Å². The van der Waals surface area contributed by atoms with E-state index in [1.165, 1.54) is 18.4 Å². The minimum atomic E-state index is 0.723. The van der Waals surface area contributed by atoms with Crippen LogP contribution in [-0.2, 0) is 0 Å². The van der Waals surface area contributed by atoms with Crippen molar-refractivity contribution in [1.82, 2.24) is 0 Å². The Bertz CT molecular complexity index is 251. The van der Waals surface area contributed by atoms with Crippen molar-refractivity contribution in [2.45, 2.75) is 18.8 Å². The molecule has 1 fully saturated rings. The Balaban J connectivity index is 2.08. The first-order chi connectivity index (χ1) is 5.90. The molecule has 2 heteroatoms. The molecule has 0 amide bonds. The number of hydrogen-bond acceptors (Lipinski definition) is 1. The van der Waals surface area contributed by atoms with Crippen molar-refractivity contribution in [3.8, 4) is 5.75 Å². The van der Waals surface area contributed by atoms with E-state index in [9.17, 15) is 0 Å². The average Bonchev–Trinajstić information content (AvgIpc) is 2.89. The van der Waals surface area contributed by atoms with Crippen LogP contribution in [0.15, 0.2) is 24.3 Å². The summed E-state index contributed by atoms with van der Waals surface area (Å²) < 4.78 is 6.07. The SMILES string of the molecule is ICOc1ccc(C2CC2)cc1. The Labute approximate surface area is 86.3 Å². The van der Waals surface area contributed by atoms with Crippen LogP contribution in [0.1, 0.15) is 24.3 Å². The highest BCUT2D eigenvalue weighted by Gasteiger charge is 2.22. The van der Waals surface area contributed by atoms with Crippen molar-refractivity contribution in [3.05, 3.63) is 29.8 Å². The summed E-state index contributed by atoms with van der Waals surface area (Å²) in [6, 6.07) is 8.48. The van der Waals surface area contributed by atoms with Gasteiger partial charge in [-0.25, -0.2) is 0 Å². The lowest BCUT2D eigenvalue weighted by molar-refractivity contribution is 0.404. The maximum atomic E-state index is 5.35. The van der Waals surface area contributed by atoms with E-state index in [4.69, 9.17) is 4.74 Å². The summed E-state index contributed by atoms with van der Waals surface area (Å²) >= 11 is 2.20. The van der Waals surface area contributed by atoms with Crippen LogP contribution in [0.3, 0.4) is 0 Å². The fraction of sp³-hybridized carbons (Fsp3) is 0.400. The zero-order valence-corrected chi connectivity index (χ0v) is 8.95. The smallest absolute Gasteiger partial charge is 0.139 e. The summed E-state index contributed by atoms with van der Waals surface area (Å²) in [6.07, 6.45) is 2.74. The number of hydrogen-bond donors (Lipinski definition) is 0. The van der Waals surface area contributed by atoms with Crippen LogP contribution in [0.2, 0.25) is 0 Å². The molecule has 1 aliphatic rings. The van der Waals surface area contributed by atoms with Crippen molar-refractivity contribution in [3.63, 3.8) is 0 Å². The second-order valence-corrected chi connectivity index (χ2v) is 3.72. The fourth-order valence-electron chi connectivity index (χ4n) is 1.32. The maximum Gasteiger partial charge on any atom is 0.139 e. The van der Waals surface area contributed by atoms with Crippen LogP contribution in [0, 0.1) is 0 Å². The average molecular weight is 274 g/mol. The molecule has 0 bridgehead atoms. The third kappa shape index (κ3) is 1.91. The second-order valence-electron chi connectivity index (χ2n) is 3.10. The van der Waals surface area contributed by atoms with E-state index in [0.29, 0.717) is 0 Å². The zero-order chi connectivity index (χ0) is 8.39. The summed E-state index contributed by atoms with van der Waals surface area (Å²) in [7, 11) is 0. The monoisotopic (exact) mass is 274 g/mol. The molecule has 0 atom stereocenters. The maximum absolute atomic E-state index is 5.35. The summed E-state index contributed by atoms with van der Waals surface area (Å²) in [5, 5.41) is 0. The van der Waals surface area contributed by atoms with Gasteiger partial charge in [0, 0.05) is 0 Å². The molecule has 0 N–H and O–H groups in total. The van der Waals surface area contributed by atoms with Crippen molar-refractivity contribution in [2.24, 2.45) is 0 Å². The minimum absolute atomic E-state index is 0.723. The van der Waals surface area contributed by atoms with Crippen LogP contribution in [-0.4, -0.2) is 4.61 Å². The molecule has 0 radical (unpaired) electrons. The summed E-state index contributed by atoms with van der Waals surface area (Å²) in [6.45, 7) is 0. The fourth-order valence-corrected chi connectivity index (χ4v) is 1.68. The molecule has 1 aliphatic carbocycles. The first-order valence-electron chi connectivity index (χ1n) is 4.19. The van der Waals surface area contributed by atoms with Gasteiger partial charge in [-0.15, -0.1) is 0 Å².